The summed E-state index contributed by atoms with van der Waals surface area (Å²) in [6.07, 6.45) is 4.37. The molecule has 0 spiro atoms. The molecular weight excluding hydrogens is 214 g/mol. The summed E-state index contributed by atoms with van der Waals surface area (Å²) >= 11 is 0. The van der Waals surface area contributed by atoms with Crippen LogP contribution in [0.2, 0.25) is 0 Å². The number of nitrogens with zero attached hydrogens (tertiary/aromatic N) is 1. The summed E-state index contributed by atoms with van der Waals surface area (Å²) in [5.74, 6) is 0.300. The number of carbonyl (C=O) groups is 1. The minimum atomic E-state index is 0.0260. The van der Waals surface area contributed by atoms with E-state index < -0.39 is 0 Å². The van der Waals surface area contributed by atoms with Gasteiger partial charge in [0, 0.05) is 44.7 Å². The van der Waals surface area contributed by atoms with Gasteiger partial charge in [-0.05, 0) is 19.3 Å². The maximum absolute atomic E-state index is 12.0. The SMILES string of the molecule is CCCC1(C(=O)NCCN2CCNCC2)CC1. The Bertz CT molecular complexity index is 257. The first-order valence-corrected chi connectivity index (χ1v) is 6.98. The van der Waals surface area contributed by atoms with Crippen LogP contribution in [0.5, 0.6) is 0 Å². The largest absolute Gasteiger partial charge is 0.354 e. The molecule has 1 amide bonds. The van der Waals surface area contributed by atoms with Crippen molar-refractivity contribution in [2.24, 2.45) is 5.41 Å². The summed E-state index contributed by atoms with van der Waals surface area (Å²) in [7, 11) is 0. The third kappa shape index (κ3) is 3.42. The fraction of sp³-hybridized carbons (Fsp3) is 0.923. The van der Waals surface area contributed by atoms with Crippen molar-refractivity contribution in [1.82, 2.24) is 15.5 Å². The molecule has 17 heavy (non-hydrogen) atoms. The van der Waals surface area contributed by atoms with Gasteiger partial charge in [-0.3, -0.25) is 9.69 Å². The van der Waals surface area contributed by atoms with Crippen LogP contribution in [0.25, 0.3) is 0 Å². The van der Waals surface area contributed by atoms with E-state index in [-0.39, 0.29) is 5.41 Å². The second-order valence-corrected chi connectivity index (χ2v) is 5.38. The molecule has 2 N–H and O–H groups in total. The Morgan fingerprint density at radius 1 is 1.35 bits per heavy atom. The standard InChI is InChI=1S/C13H25N3O/c1-2-3-13(4-5-13)12(17)15-8-11-16-9-6-14-7-10-16/h14H,2-11H2,1H3,(H,15,17). The van der Waals surface area contributed by atoms with Gasteiger partial charge in [0.1, 0.15) is 0 Å². The van der Waals surface area contributed by atoms with E-state index in [4.69, 9.17) is 0 Å². The van der Waals surface area contributed by atoms with Gasteiger partial charge in [0.15, 0.2) is 0 Å². The molecule has 4 nitrogen and oxygen atoms in total. The maximum Gasteiger partial charge on any atom is 0.226 e. The minimum Gasteiger partial charge on any atom is -0.354 e. The van der Waals surface area contributed by atoms with Crippen LogP contribution in [-0.2, 0) is 4.79 Å². The Balaban J connectivity index is 1.63. The van der Waals surface area contributed by atoms with E-state index in [1.54, 1.807) is 0 Å². The van der Waals surface area contributed by atoms with Crippen LogP contribution in [0.3, 0.4) is 0 Å². The summed E-state index contributed by atoms with van der Waals surface area (Å²) in [6, 6.07) is 0. The lowest BCUT2D eigenvalue weighted by Gasteiger charge is -2.27. The average Bonchev–Trinajstić information content (AvgIpc) is 3.12. The van der Waals surface area contributed by atoms with E-state index in [9.17, 15) is 4.79 Å². The lowest BCUT2D eigenvalue weighted by atomic mass is 10.00. The summed E-state index contributed by atoms with van der Waals surface area (Å²) in [5, 5.41) is 6.45. The number of carbonyl (C=O) groups excluding carboxylic acids is 1. The van der Waals surface area contributed by atoms with Crippen molar-refractivity contribution in [3.8, 4) is 0 Å². The van der Waals surface area contributed by atoms with Crippen molar-refractivity contribution in [2.75, 3.05) is 39.3 Å². The molecule has 0 bridgehead atoms. The normalized spacial score (nSPS) is 23.4. The van der Waals surface area contributed by atoms with Crippen LogP contribution in [0, 0.1) is 5.41 Å². The molecule has 2 rings (SSSR count). The number of amides is 1. The zero-order valence-corrected chi connectivity index (χ0v) is 10.9. The maximum atomic E-state index is 12.0. The fourth-order valence-electron chi connectivity index (χ4n) is 2.67. The lowest BCUT2D eigenvalue weighted by molar-refractivity contribution is -0.126. The smallest absolute Gasteiger partial charge is 0.226 e. The van der Waals surface area contributed by atoms with Gasteiger partial charge in [-0.15, -0.1) is 0 Å². The predicted molar refractivity (Wildman–Crippen MR) is 68.9 cm³/mol. The quantitative estimate of drug-likeness (QED) is 0.713. The van der Waals surface area contributed by atoms with Gasteiger partial charge in [0.25, 0.3) is 0 Å². The van der Waals surface area contributed by atoms with Crippen molar-refractivity contribution >= 4 is 5.91 Å². The molecule has 4 heteroatoms. The first kappa shape index (κ1) is 12.8. The molecule has 0 unspecified atom stereocenters. The summed E-state index contributed by atoms with van der Waals surface area (Å²) < 4.78 is 0. The molecule has 1 aliphatic heterocycles. The molecule has 2 aliphatic rings. The van der Waals surface area contributed by atoms with Gasteiger partial charge in [-0.25, -0.2) is 0 Å². The molecule has 1 saturated heterocycles. The van der Waals surface area contributed by atoms with E-state index in [0.29, 0.717) is 5.91 Å². The van der Waals surface area contributed by atoms with Crippen LogP contribution in [-0.4, -0.2) is 50.1 Å². The molecule has 0 aromatic heterocycles. The number of hydrogen-bond donors (Lipinski definition) is 2. The highest BCUT2D eigenvalue weighted by Crippen LogP contribution is 2.49. The van der Waals surface area contributed by atoms with Crippen LogP contribution < -0.4 is 10.6 Å². The molecule has 0 atom stereocenters. The van der Waals surface area contributed by atoms with E-state index in [1.165, 1.54) is 0 Å². The van der Waals surface area contributed by atoms with E-state index >= 15 is 0 Å². The Kier molecular flexibility index (Phi) is 4.40. The Morgan fingerprint density at radius 3 is 2.65 bits per heavy atom. The fourth-order valence-corrected chi connectivity index (χ4v) is 2.67. The first-order chi connectivity index (χ1) is 8.27. The lowest BCUT2D eigenvalue weighted by Crippen LogP contribution is -2.46. The van der Waals surface area contributed by atoms with E-state index in [1.807, 2.05) is 0 Å². The zero-order valence-electron chi connectivity index (χ0n) is 10.9. The second-order valence-electron chi connectivity index (χ2n) is 5.38. The van der Waals surface area contributed by atoms with Gasteiger partial charge in [0.05, 0.1) is 0 Å². The molecule has 1 aliphatic carbocycles. The number of rotatable bonds is 6. The van der Waals surface area contributed by atoms with Crippen molar-refractivity contribution in [3.05, 3.63) is 0 Å². The van der Waals surface area contributed by atoms with Crippen molar-refractivity contribution in [2.45, 2.75) is 32.6 Å². The van der Waals surface area contributed by atoms with E-state index in [2.05, 4.69) is 22.5 Å². The number of piperazine rings is 1. The highest BCUT2D eigenvalue weighted by atomic mass is 16.2. The molecule has 0 aromatic carbocycles. The third-order valence-electron chi connectivity index (χ3n) is 3.99. The molecule has 1 saturated carbocycles. The number of nitrogens with one attached hydrogen (secondary N) is 2. The Hall–Kier alpha value is -0.610. The van der Waals surface area contributed by atoms with Gasteiger partial charge < -0.3 is 10.6 Å². The predicted octanol–water partition coefficient (Wildman–Crippen LogP) is 0.588. The van der Waals surface area contributed by atoms with Crippen molar-refractivity contribution in [1.29, 1.82) is 0 Å². The molecule has 0 radical (unpaired) electrons. The summed E-state index contributed by atoms with van der Waals surface area (Å²) in [4.78, 5) is 14.4. The molecular formula is C13H25N3O. The molecule has 98 valence electrons. The summed E-state index contributed by atoms with van der Waals surface area (Å²) in [5.41, 5.74) is 0.0260. The Morgan fingerprint density at radius 2 is 2.06 bits per heavy atom. The highest BCUT2D eigenvalue weighted by molar-refractivity contribution is 5.85. The number of hydrogen-bond acceptors (Lipinski definition) is 3. The minimum absolute atomic E-state index is 0.0260. The van der Waals surface area contributed by atoms with Crippen molar-refractivity contribution in [3.63, 3.8) is 0 Å². The topological polar surface area (TPSA) is 44.4 Å². The average molecular weight is 239 g/mol. The van der Waals surface area contributed by atoms with Crippen LogP contribution in [0.1, 0.15) is 32.6 Å². The first-order valence-electron chi connectivity index (χ1n) is 6.98. The van der Waals surface area contributed by atoms with Crippen LogP contribution in [0.15, 0.2) is 0 Å². The van der Waals surface area contributed by atoms with Gasteiger partial charge >= 0.3 is 0 Å². The van der Waals surface area contributed by atoms with Crippen molar-refractivity contribution < 1.29 is 4.79 Å². The van der Waals surface area contributed by atoms with Gasteiger partial charge in [-0.2, -0.15) is 0 Å². The van der Waals surface area contributed by atoms with Crippen LogP contribution in [0.4, 0.5) is 0 Å². The Labute approximate surface area is 104 Å². The third-order valence-corrected chi connectivity index (χ3v) is 3.99. The molecule has 1 heterocycles. The highest BCUT2D eigenvalue weighted by Gasteiger charge is 2.48. The second kappa shape index (κ2) is 5.83. The van der Waals surface area contributed by atoms with E-state index in [0.717, 1.165) is 65.0 Å². The van der Waals surface area contributed by atoms with Gasteiger partial charge in [0.2, 0.25) is 5.91 Å². The summed E-state index contributed by atoms with van der Waals surface area (Å²) in [6.45, 7) is 8.33. The monoisotopic (exact) mass is 239 g/mol. The zero-order chi connectivity index (χ0) is 12.1. The van der Waals surface area contributed by atoms with Gasteiger partial charge in [-0.1, -0.05) is 13.3 Å². The van der Waals surface area contributed by atoms with Crippen LogP contribution >= 0.6 is 0 Å². The molecule has 2 fully saturated rings. The molecule has 0 aromatic rings.